The van der Waals surface area contributed by atoms with E-state index in [4.69, 9.17) is 4.74 Å². The molecule has 1 N–H and O–H groups in total. The fraction of sp³-hybridized carbons (Fsp3) is 0.529. The van der Waals surface area contributed by atoms with Crippen LogP contribution in [0.3, 0.4) is 0 Å². The number of hydrogen-bond donors (Lipinski definition) is 1. The Hall–Kier alpha value is -1.88. The lowest BCUT2D eigenvalue weighted by Gasteiger charge is -2.23. The van der Waals surface area contributed by atoms with E-state index in [1.165, 1.54) is 7.11 Å². The minimum atomic E-state index is -0.253. The van der Waals surface area contributed by atoms with Crippen LogP contribution in [0, 0.1) is 5.92 Å². The van der Waals surface area contributed by atoms with Crippen molar-refractivity contribution >= 4 is 11.9 Å². The molecule has 0 radical (unpaired) electrons. The van der Waals surface area contributed by atoms with Crippen molar-refractivity contribution in [2.45, 2.75) is 26.8 Å². The van der Waals surface area contributed by atoms with Crippen molar-refractivity contribution in [2.75, 3.05) is 26.7 Å². The van der Waals surface area contributed by atoms with Crippen molar-refractivity contribution in [3.05, 3.63) is 35.9 Å². The topological polar surface area (TPSA) is 58.6 Å². The first kappa shape index (κ1) is 18.2. The molecule has 0 aliphatic rings. The summed E-state index contributed by atoms with van der Waals surface area (Å²) in [5.74, 6) is -0.545. The molecule has 0 aliphatic carbocycles. The molecule has 0 aliphatic heterocycles. The summed E-state index contributed by atoms with van der Waals surface area (Å²) in [4.78, 5) is 25.5. The van der Waals surface area contributed by atoms with Gasteiger partial charge in [-0.2, -0.15) is 0 Å². The van der Waals surface area contributed by atoms with Gasteiger partial charge in [0, 0.05) is 6.54 Å². The number of methoxy groups -OCH3 is 1. The molecule has 5 nitrogen and oxygen atoms in total. The number of benzene rings is 1. The zero-order valence-corrected chi connectivity index (χ0v) is 13.8. The molecule has 0 fully saturated rings. The Morgan fingerprint density at radius 1 is 1.23 bits per heavy atom. The summed E-state index contributed by atoms with van der Waals surface area (Å²) in [6, 6.07) is 9.79. The number of carbonyl (C=O) groups excluding carboxylic acids is 2. The first-order chi connectivity index (χ1) is 10.5. The van der Waals surface area contributed by atoms with E-state index in [0.717, 1.165) is 5.56 Å². The largest absolute Gasteiger partial charge is 0.469 e. The van der Waals surface area contributed by atoms with Gasteiger partial charge < -0.3 is 10.1 Å². The van der Waals surface area contributed by atoms with E-state index in [2.05, 4.69) is 5.32 Å². The van der Waals surface area contributed by atoms with Crippen molar-refractivity contribution < 1.29 is 14.3 Å². The molecule has 0 aromatic heterocycles. The quantitative estimate of drug-likeness (QED) is 0.746. The van der Waals surface area contributed by atoms with Crippen molar-refractivity contribution in [3.63, 3.8) is 0 Å². The smallest absolute Gasteiger partial charge is 0.309 e. The molecule has 1 aromatic carbocycles. The minimum Gasteiger partial charge on any atom is -0.469 e. The number of hydrogen-bond acceptors (Lipinski definition) is 4. The number of nitrogens with zero attached hydrogens (tertiary/aromatic N) is 1. The summed E-state index contributed by atoms with van der Waals surface area (Å²) < 4.78 is 4.72. The van der Waals surface area contributed by atoms with Crippen LogP contribution in [0.25, 0.3) is 0 Å². The summed E-state index contributed by atoms with van der Waals surface area (Å²) in [5.41, 5.74) is 1.07. The number of esters is 1. The second kappa shape index (κ2) is 9.20. The third kappa shape index (κ3) is 5.85. The van der Waals surface area contributed by atoms with Crippen molar-refractivity contribution in [3.8, 4) is 0 Å². The van der Waals surface area contributed by atoms with Gasteiger partial charge in [-0.15, -0.1) is 0 Å². The molecule has 1 amide bonds. The van der Waals surface area contributed by atoms with Crippen LogP contribution in [-0.2, 0) is 14.3 Å². The van der Waals surface area contributed by atoms with Gasteiger partial charge in [0.1, 0.15) is 0 Å². The van der Waals surface area contributed by atoms with E-state index in [0.29, 0.717) is 13.1 Å². The number of amides is 1. The molecule has 1 rings (SSSR count). The first-order valence-electron chi connectivity index (χ1n) is 7.62. The van der Waals surface area contributed by atoms with Gasteiger partial charge in [0.15, 0.2) is 0 Å². The Balaban J connectivity index is 2.49. The van der Waals surface area contributed by atoms with Crippen LogP contribution >= 0.6 is 0 Å². The summed E-state index contributed by atoms with van der Waals surface area (Å²) in [5, 5.41) is 2.98. The normalized spacial score (nSPS) is 13.5. The zero-order valence-electron chi connectivity index (χ0n) is 13.8. The molecule has 0 unspecified atom stereocenters. The molecule has 0 spiro atoms. The number of likely N-dealkylation sites (N-methyl/N-ethyl adjacent to an activating group) is 1. The molecule has 0 bridgehead atoms. The Kier molecular flexibility index (Phi) is 7.60. The van der Waals surface area contributed by atoms with Crippen LogP contribution in [0.4, 0.5) is 0 Å². The monoisotopic (exact) mass is 306 g/mol. The van der Waals surface area contributed by atoms with Gasteiger partial charge in [0.05, 0.1) is 25.6 Å². The van der Waals surface area contributed by atoms with E-state index in [1.54, 1.807) is 6.92 Å². The molecule has 2 atom stereocenters. The standard InChI is InChI=1S/C17H26N2O3/c1-5-19(11-13(2)17(21)22-4)12-16(20)18-14(3)15-9-7-6-8-10-15/h6-10,13-14H,5,11-12H2,1-4H3,(H,18,20)/t13-,14+/m1/s1. The van der Waals surface area contributed by atoms with E-state index >= 15 is 0 Å². The zero-order chi connectivity index (χ0) is 16.5. The molecule has 0 saturated carbocycles. The van der Waals surface area contributed by atoms with Gasteiger partial charge >= 0.3 is 5.97 Å². The van der Waals surface area contributed by atoms with Gasteiger partial charge in [0.25, 0.3) is 0 Å². The fourth-order valence-electron chi connectivity index (χ4n) is 2.28. The molecular formula is C17H26N2O3. The molecule has 0 heterocycles. The van der Waals surface area contributed by atoms with E-state index in [9.17, 15) is 9.59 Å². The van der Waals surface area contributed by atoms with Crippen LogP contribution in [0.15, 0.2) is 30.3 Å². The third-order valence-corrected chi connectivity index (χ3v) is 3.63. The van der Waals surface area contributed by atoms with Crippen LogP contribution in [-0.4, -0.2) is 43.5 Å². The van der Waals surface area contributed by atoms with Gasteiger partial charge in [-0.1, -0.05) is 44.2 Å². The van der Waals surface area contributed by atoms with E-state index < -0.39 is 0 Å². The highest BCUT2D eigenvalue weighted by Gasteiger charge is 2.19. The van der Waals surface area contributed by atoms with Crippen molar-refractivity contribution in [2.24, 2.45) is 5.92 Å². The SMILES string of the molecule is CCN(CC(=O)N[C@@H](C)c1ccccc1)C[C@@H](C)C(=O)OC. The van der Waals surface area contributed by atoms with Crippen molar-refractivity contribution in [1.82, 2.24) is 10.2 Å². The second-order valence-corrected chi connectivity index (χ2v) is 5.45. The first-order valence-corrected chi connectivity index (χ1v) is 7.62. The number of nitrogens with one attached hydrogen (secondary N) is 1. The van der Waals surface area contributed by atoms with Crippen LogP contribution in [0.1, 0.15) is 32.4 Å². The third-order valence-electron chi connectivity index (χ3n) is 3.63. The van der Waals surface area contributed by atoms with Crippen LogP contribution in [0.5, 0.6) is 0 Å². The molecule has 1 aromatic rings. The van der Waals surface area contributed by atoms with E-state index in [-0.39, 0.29) is 30.4 Å². The van der Waals surface area contributed by atoms with Gasteiger partial charge in [-0.3, -0.25) is 14.5 Å². The minimum absolute atomic E-state index is 0.0366. The van der Waals surface area contributed by atoms with Crippen LogP contribution < -0.4 is 5.32 Å². The van der Waals surface area contributed by atoms with Gasteiger partial charge in [0.2, 0.25) is 5.91 Å². The maximum atomic E-state index is 12.1. The Morgan fingerprint density at radius 3 is 2.41 bits per heavy atom. The lowest BCUT2D eigenvalue weighted by Crippen LogP contribution is -2.41. The predicted molar refractivity (Wildman–Crippen MR) is 86.3 cm³/mol. The van der Waals surface area contributed by atoms with Crippen LogP contribution in [0.2, 0.25) is 0 Å². The number of rotatable bonds is 8. The average Bonchev–Trinajstić information content (AvgIpc) is 2.53. The lowest BCUT2D eigenvalue weighted by molar-refractivity contribution is -0.145. The summed E-state index contributed by atoms with van der Waals surface area (Å²) in [7, 11) is 1.38. The molecule has 22 heavy (non-hydrogen) atoms. The lowest BCUT2D eigenvalue weighted by atomic mass is 10.1. The Bertz CT molecular complexity index is 476. The summed E-state index contributed by atoms with van der Waals surface area (Å²) >= 11 is 0. The molecule has 122 valence electrons. The average molecular weight is 306 g/mol. The summed E-state index contributed by atoms with van der Waals surface area (Å²) in [6.07, 6.45) is 0. The predicted octanol–water partition coefficient (Wildman–Crippen LogP) is 1.99. The Morgan fingerprint density at radius 2 is 1.86 bits per heavy atom. The molecule has 0 saturated heterocycles. The highest BCUT2D eigenvalue weighted by atomic mass is 16.5. The van der Waals surface area contributed by atoms with Crippen molar-refractivity contribution in [1.29, 1.82) is 0 Å². The second-order valence-electron chi connectivity index (χ2n) is 5.45. The molecular weight excluding hydrogens is 280 g/mol. The number of carbonyl (C=O) groups is 2. The maximum absolute atomic E-state index is 12.1. The maximum Gasteiger partial charge on any atom is 0.309 e. The Labute approximate surface area is 132 Å². The van der Waals surface area contributed by atoms with E-state index in [1.807, 2.05) is 49.1 Å². The van der Waals surface area contributed by atoms with Gasteiger partial charge in [-0.25, -0.2) is 0 Å². The fourth-order valence-corrected chi connectivity index (χ4v) is 2.28. The molecule has 5 heteroatoms. The highest BCUT2D eigenvalue weighted by Crippen LogP contribution is 2.11. The number of ether oxygens (including phenoxy) is 1. The highest BCUT2D eigenvalue weighted by molar-refractivity contribution is 5.78. The van der Waals surface area contributed by atoms with Gasteiger partial charge in [-0.05, 0) is 19.0 Å². The summed E-state index contributed by atoms with van der Waals surface area (Å²) in [6.45, 7) is 7.22.